The molecule has 2 heterocycles. The van der Waals surface area contributed by atoms with Gasteiger partial charge >= 0.3 is 0 Å². The highest BCUT2D eigenvalue weighted by Gasteiger charge is 2.31. The van der Waals surface area contributed by atoms with Crippen molar-refractivity contribution in [2.45, 2.75) is 39.0 Å². The van der Waals surface area contributed by atoms with E-state index in [0.29, 0.717) is 47.9 Å². The molecule has 7 heteroatoms. The summed E-state index contributed by atoms with van der Waals surface area (Å²) in [6.45, 7) is 15.2. The summed E-state index contributed by atoms with van der Waals surface area (Å²) in [6.07, 6.45) is 6.26. The Hall–Kier alpha value is -4.78. The van der Waals surface area contributed by atoms with Gasteiger partial charge in [-0.25, -0.2) is 0 Å². The molecule has 7 nitrogen and oxygen atoms in total. The minimum atomic E-state index is 0.0739. The van der Waals surface area contributed by atoms with Crippen molar-refractivity contribution in [3.05, 3.63) is 104 Å². The number of ether oxygens (including phenoxy) is 1. The third kappa shape index (κ3) is 6.21. The van der Waals surface area contributed by atoms with Crippen LogP contribution in [0.4, 0.5) is 0 Å². The van der Waals surface area contributed by atoms with E-state index in [-0.39, 0.29) is 5.41 Å². The number of rotatable bonds is 9. The Morgan fingerprint density at radius 1 is 0.721 bits per heavy atom. The van der Waals surface area contributed by atoms with Crippen LogP contribution >= 0.6 is 0 Å². The number of allylic oxidation sites excluding steroid dienone is 2. The van der Waals surface area contributed by atoms with Gasteiger partial charge in [0, 0.05) is 22.3 Å². The Labute approximate surface area is 252 Å². The highest BCUT2D eigenvalue weighted by Crippen LogP contribution is 2.38. The summed E-state index contributed by atoms with van der Waals surface area (Å²) in [7, 11) is 0. The fourth-order valence-corrected chi connectivity index (χ4v) is 5.61. The molecule has 0 N–H and O–H groups in total. The molecule has 0 saturated heterocycles. The average Bonchev–Trinajstić information content (AvgIpc) is 3.80. The van der Waals surface area contributed by atoms with Crippen LogP contribution in [0.2, 0.25) is 0 Å². The SMILES string of the molecule is C=CC1CC(C=C)C(COc2cccc(-c3nnc(-c4cccc(-c5nnc(-c6ccc(C(C)(C)C)cc6)o5)c4)o3)c2)C1. The van der Waals surface area contributed by atoms with E-state index in [9.17, 15) is 0 Å². The van der Waals surface area contributed by atoms with E-state index >= 15 is 0 Å². The highest BCUT2D eigenvalue weighted by atomic mass is 16.5. The number of benzene rings is 3. The molecule has 0 radical (unpaired) electrons. The zero-order valence-corrected chi connectivity index (χ0v) is 24.9. The standard InChI is InChI=1S/C36H36N4O3/c1-6-23-18-24(7-2)29(19-23)22-41-31-13-9-12-28(21-31)35-40-39-34(43-35)27-11-8-10-26(20-27)33-38-37-32(42-33)25-14-16-30(17-15-25)36(3,4)5/h6-17,20-21,23-24,29H,1-2,18-19,22H2,3-5H3. The Morgan fingerprint density at radius 2 is 1.28 bits per heavy atom. The smallest absolute Gasteiger partial charge is 0.248 e. The van der Waals surface area contributed by atoms with Crippen LogP contribution in [-0.4, -0.2) is 27.0 Å². The summed E-state index contributed by atoms with van der Waals surface area (Å²) in [5, 5.41) is 17.2. The molecule has 0 bridgehead atoms. The Kier molecular flexibility index (Phi) is 7.80. The summed E-state index contributed by atoms with van der Waals surface area (Å²) in [4.78, 5) is 0. The lowest BCUT2D eigenvalue weighted by atomic mass is 9.87. The molecule has 218 valence electrons. The summed E-state index contributed by atoms with van der Waals surface area (Å²) in [5.74, 6) is 3.86. The van der Waals surface area contributed by atoms with E-state index in [0.717, 1.165) is 40.8 Å². The van der Waals surface area contributed by atoms with Crippen molar-refractivity contribution in [3.8, 4) is 51.6 Å². The second kappa shape index (κ2) is 11.8. The van der Waals surface area contributed by atoms with Crippen molar-refractivity contribution in [1.82, 2.24) is 20.4 Å². The van der Waals surface area contributed by atoms with E-state index in [1.54, 1.807) is 0 Å². The largest absolute Gasteiger partial charge is 0.493 e. The monoisotopic (exact) mass is 572 g/mol. The van der Waals surface area contributed by atoms with Crippen molar-refractivity contribution < 1.29 is 13.6 Å². The number of nitrogens with zero attached hydrogens (tertiary/aromatic N) is 4. The predicted octanol–water partition coefficient (Wildman–Crippen LogP) is 8.81. The first-order chi connectivity index (χ1) is 20.8. The van der Waals surface area contributed by atoms with Crippen LogP contribution in [0.3, 0.4) is 0 Å². The van der Waals surface area contributed by atoms with Crippen LogP contribution in [0.5, 0.6) is 5.75 Å². The van der Waals surface area contributed by atoms with Gasteiger partial charge in [-0.2, -0.15) is 0 Å². The van der Waals surface area contributed by atoms with Gasteiger partial charge in [-0.05, 0) is 90.1 Å². The maximum atomic E-state index is 6.19. The zero-order chi connectivity index (χ0) is 30.0. The topological polar surface area (TPSA) is 87.1 Å². The zero-order valence-electron chi connectivity index (χ0n) is 24.9. The lowest BCUT2D eigenvalue weighted by Gasteiger charge is -2.18. The third-order valence-corrected chi connectivity index (χ3v) is 8.17. The van der Waals surface area contributed by atoms with E-state index < -0.39 is 0 Å². The summed E-state index contributed by atoms with van der Waals surface area (Å²) in [5.41, 5.74) is 4.51. The van der Waals surface area contributed by atoms with Crippen LogP contribution in [0.1, 0.15) is 39.2 Å². The lowest BCUT2D eigenvalue weighted by molar-refractivity contribution is 0.230. The fraction of sp³-hybridized carbons (Fsp3) is 0.278. The number of aromatic nitrogens is 4. The van der Waals surface area contributed by atoms with Gasteiger partial charge < -0.3 is 13.6 Å². The molecule has 0 amide bonds. The van der Waals surface area contributed by atoms with Crippen molar-refractivity contribution in [1.29, 1.82) is 0 Å². The first-order valence-electron chi connectivity index (χ1n) is 14.7. The number of hydrogen-bond donors (Lipinski definition) is 0. The molecule has 0 aliphatic heterocycles. The summed E-state index contributed by atoms with van der Waals surface area (Å²) >= 11 is 0. The fourth-order valence-electron chi connectivity index (χ4n) is 5.61. The highest BCUT2D eigenvalue weighted by molar-refractivity contribution is 5.66. The van der Waals surface area contributed by atoms with Crippen LogP contribution in [0, 0.1) is 17.8 Å². The summed E-state index contributed by atoms with van der Waals surface area (Å²) < 4.78 is 18.3. The van der Waals surface area contributed by atoms with E-state index in [1.165, 1.54) is 5.56 Å². The minimum absolute atomic E-state index is 0.0739. The summed E-state index contributed by atoms with van der Waals surface area (Å²) in [6, 6.07) is 23.6. The average molecular weight is 573 g/mol. The second-order valence-electron chi connectivity index (χ2n) is 12.2. The molecule has 1 saturated carbocycles. The first kappa shape index (κ1) is 28.3. The molecule has 1 aliphatic carbocycles. The molecular weight excluding hydrogens is 536 g/mol. The lowest BCUT2D eigenvalue weighted by Crippen LogP contribution is -2.15. The molecule has 1 fully saturated rings. The molecule has 0 spiro atoms. The van der Waals surface area contributed by atoms with Gasteiger partial charge in [-0.3, -0.25) is 0 Å². The normalized spacial score (nSPS) is 18.4. The van der Waals surface area contributed by atoms with E-state index in [4.69, 9.17) is 13.6 Å². The minimum Gasteiger partial charge on any atom is -0.493 e. The molecule has 3 atom stereocenters. The molecule has 2 aromatic heterocycles. The van der Waals surface area contributed by atoms with Gasteiger partial charge in [0.15, 0.2) is 0 Å². The van der Waals surface area contributed by atoms with Crippen molar-refractivity contribution >= 4 is 0 Å². The van der Waals surface area contributed by atoms with Gasteiger partial charge in [0.2, 0.25) is 23.6 Å². The van der Waals surface area contributed by atoms with E-state index in [2.05, 4.69) is 66.5 Å². The van der Waals surface area contributed by atoms with Gasteiger partial charge in [-0.15, -0.1) is 33.6 Å². The Bertz CT molecular complexity index is 1730. The van der Waals surface area contributed by atoms with Gasteiger partial charge in [0.1, 0.15) is 5.75 Å². The molecule has 1 aliphatic rings. The van der Waals surface area contributed by atoms with E-state index in [1.807, 2.05) is 72.8 Å². The van der Waals surface area contributed by atoms with Gasteiger partial charge in [-0.1, -0.05) is 57.2 Å². The van der Waals surface area contributed by atoms with Gasteiger partial charge in [0.05, 0.1) is 6.61 Å². The Morgan fingerprint density at radius 3 is 1.84 bits per heavy atom. The first-order valence-corrected chi connectivity index (χ1v) is 14.7. The molecule has 6 rings (SSSR count). The van der Waals surface area contributed by atoms with Crippen molar-refractivity contribution in [2.24, 2.45) is 17.8 Å². The van der Waals surface area contributed by atoms with Crippen molar-refractivity contribution in [3.63, 3.8) is 0 Å². The van der Waals surface area contributed by atoms with Crippen LogP contribution in [0.15, 0.2) is 107 Å². The quantitative estimate of drug-likeness (QED) is 0.163. The van der Waals surface area contributed by atoms with Gasteiger partial charge in [0.25, 0.3) is 0 Å². The maximum absolute atomic E-state index is 6.19. The molecular formula is C36H36N4O3. The van der Waals surface area contributed by atoms with Crippen LogP contribution < -0.4 is 4.74 Å². The molecule has 5 aromatic rings. The van der Waals surface area contributed by atoms with Crippen molar-refractivity contribution in [2.75, 3.05) is 6.61 Å². The van der Waals surface area contributed by atoms with Crippen LogP contribution in [0.25, 0.3) is 45.8 Å². The maximum Gasteiger partial charge on any atom is 0.248 e. The predicted molar refractivity (Wildman–Crippen MR) is 168 cm³/mol. The van der Waals surface area contributed by atoms with Crippen LogP contribution in [-0.2, 0) is 5.41 Å². The third-order valence-electron chi connectivity index (χ3n) is 8.17. The molecule has 43 heavy (non-hydrogen) atoms. The molecule has 3 aromatic carbocycles. The number of hydrogen-bond acceptors (Lipinski definition) is 7. The Balaban J connectivity index is 1.16. The second-order valence-corrected chi connectivity index (χ2v) is 12.2. The molecule has 3 unspecified atom stereocenters.